The van der Waals surface area contributed by atoms with Gasteiger partial charge in [-0.2, -0.15) is 4.39 Å². The van der Waals surface area contributed by atoms with Crippen molar-refractivity contribution in [2.45, 2.75) is 58.8 Å². The van der Waals surface area contributed by atoms with Crippen molar-refractivity contribution in [3.8, 4) is 17.6 Å². The van der Waals surface area contributed by atoms with Crippen LogP contribution in [-0.4, -0.2) is 6.61 Å². The van der Waals surface area contributed by atoms with Crippen LogP contribution in [0, 0.1) is 35.3 Å². The van der Waals surface area contributed by atoms with Gasteiger partial charge in [0.15, 0.2) is 11.6 Å². The molecule has 126 valence electrons. The Kier molecular flexibility index (Phi) is 6.89. The Bertz CT molecular complexity index is 563. The highest BCUT2D eigenvalue weighted by Crippen LogP contribution is 2.28. The van der Waals surface area contributed by atoms with Crippen LogP contribution in [0.3, 0.4) is 0 Å². The molecular weight excluding hydrogens is 294 g/mol. The molecule has 0 aromatic heterocycles. The van der Waals surface area contributed by atoms with Gasteiger partial charge in [0.2, 0.25) is 5.82 Å². The molecule has 23 heavy (non-hydrogen) atoms. The van der Waals surface area contributed by atoms with E-state index in [0.29, 0.717) is 12.5 Å². The summed E-state index contributed by atoms with van der Waals surface area (Å²) in [7, 11) is 0. The first-order chi connectivity index (χ1) is 11.1. The Hall–Kier alpha value is -1.56. The van der Waals surface area contributed by atoms with E-state index < -0.39 is 11.6 Å². The molecule has 0 saturated heterocycles. The van der Waals surface area contributed by atoms with Gasteiger partial charge < -0.3 is 4.74 Å². The maximum absolute atomic E-state index is 14.1. The van der Waals surface area contributed by atoms with Crippen LogP contribution >= 0.6 is 0 Å². The highest BCUT2D eigenvalue weighted by atomic mass is 19.2. The third-order valence-electron chi connectivity index (χ3n) is 4.48. The summed E-state index contributed by atoms with van der Waals surface area (Å²) in [6, 6.07) is 3.00. The summed E-state index contributed by atoms with van der Waals surface area (Å²) in [6.45, 7) is 4.74. The van der Waals surface area contributed by atoms with Crippen molar-refractivity contribution in [1.82, 2.24) is 0 Å². The lowest BCUT2D eigenvalue weighted by Crippen LogP contribution is -2.10. The molecule has 1 aliphatic carbocycles. The zero-order valence-corrected chi connectivity index (χ0v) is 14.1. The Morgan fingerprint density at radius 2 is 1.83 bits per heavy atom. The summed E-state index contributed by atoms with van der Waals surface area (Å²) in [5, 5.41) is 0. The molecule has 3 heteroatoms. The van der Waals surface area contributed by atoms with E-state index in [4.69, 9.17) is 4.74 Å². The molecule has 1 aliphatic rings. The first-order valence-electron chi connectivity index (χ1n) is 8.74. The van der Waals surface area contributed by atoms with E-state index >= 15 is 0 Å². The third-order valence-corrected chi connectivity index (χ3v) is 4.48. The quantitative estimate of drug-likeness (QED) is 0.498. The highest BCUT2D eigenvalue weighted by Gasteiger charge is 2.17. The smallest absolute Gasteiger partial charge is 0.201 e. The van der Waals surface area contributed by atoms with E-state index in [1.165, 1.54) is 25.0 Å². The van der Waals surface area contributed by atoms with Crippen molar-refractivity contribution >= 4 is 0 Å². The maximum Gasteiger partial charge on any atom is 0.201 e. The van der Waals surface area contributed by atoms with Gasteiger partial charge in [-0.25, -0.2) is 4.39 Å². The SMILES string of the molecule is CCCCCOc1ccc(C#C[C@H]2CC[C@H](C)CC2)c(F)c1F. The summed E-state index contributed by atoms with van der Waals surface area (Å²) in [5.41, 5.74) is 0.127. The predicted molar refractivity (Wildman–Crippen MR) is 89.4 cm³/mol. The lowest BCUT2D eigenvalue weighted by Gasteiger charge is -2.21. The van der Waals surface area contributed by atoms with Gasteiger partial charge in [-0.1, -0.05) is 38.5 Å². The molecule has 1 aromatic carbocycles. The van der Waals surface area contributed by atoms with Gasteiger partial charge in [-0.05, 0) is 50.2 Å². The summed E-state index contributed by atoms with van der Waals surface area (Å²) < 4.78 is 33.4. The normalized spacial score (nSPS) is 20.7. The molecule has 0 unspecified atom stereocenters. The molecule has 0 spiro atoms. The maximum atomic E-state index is 14.1. The van der Waals surface area contributed by atoms with Crippen LogP contribution in [0.1, 0.15) is 64.4 Å². The van der Waals surface area contributed by atoms with Crippen LogP contribution in [0.5, 0.6) is 5.75 Å². The fourth-order valence-electron chi connectivity index (χ4n) is 2.86. The number of halogens is 2. The topological polar surface area (TPSA) is 9.23 Å². The monoisotopic (exact) mass is 320 g/mol. The molecule has 0 aliphatic heterocycles. The minimum absolute atomic E-state index is 0.0179. The van der Waals surface area contributed by atoms with Crippen LogP contribution in [0.2, 0.25) is 0 Å². The molecule has 2 rings (SSSR count). The number of rotatable bonds is 5. The zero-order valence-electron chi connectivity index (χ0n) is 14.1. The first-order valence-corrected chi connectivity index (χ1v) is 8.74. The fourth-order valence-corrected chi connectivity index (χ4v) is 2.86. The van der Waals surface area contributed by atoms with E-state index in [2.05, 4.69) is 25.7 Å². The number of benzene rings is 1. The van der Waals surface area contributed by atoms with E-state index in [0.717, 1.165) is 38.0 Å². The first kappa shape index (κ1) is 17.8. The Labute approximate surface area is 138 Å². The molecule has 1 saturated carbocycles. The number of unbranched alkanes of at least 4 members (excludes halogenated alkanes) is 2. The molecule has 0 heterocycles. The summed E-state index contributed by atoms with van der Waals surface area (Å²) in [6.07, 6.45) is 7.37. The molecule has 0 amide bonds. The van der Waals surface area contributed by atoms with Crippen molar-refractivity contribution < 1.29 is 13.5 Å². The van der Waals surface area contributed by atoms with Gasteiger partial charge in [0.1, 0.15) is 0 Å². The summed E-state index contributed by atoms with van der Waals surface area (Å²) in [5.74, 6) is 5.15. The standard InChI is InChI=1S/C20H26F2O/c1-3-4-5-14-23-18-13-12-17(19(21)20(18)22)11-10-16-8-6-15(2)7-9-16/h12-13,15-16H,3-9,14H2,1-2H3/t15-,16-. The summed E-state index contributed by atoms with van der Waals surface area (Å²) >= 11 is 0. The number of ether oxygens (including phenoxy) is 1. The van der Waals surface area contributed by atoms with E-state index in [9.17, 15) is 8.78 Å². The van der Waals surface area contributed by atoms with E-state index in [1.807, 2.05) is 0 Å². The van der Waals surface area contributed by atoms with Crippen LogP contribution in [0.25, 0.3) is 0 Å². The zero-order chi connectivity index (χ0) is 16.7. The predicted octanol–water partition coefficient (Wildman–Crippen LogP) is 5.71. The van der Waals surface area contributed by atoms with E-state index in [1.54, 1.807) is 0 Å². The Balaban J connectivity index is 1.99. The lowest BCUT2D eigenvalue weighted by molar-refractivity contribution is 0.286. The van der Waals surface area contributed by atoms with Gasteiger partial charge >= 0.3 is 0 Å². The molecule has 0 radical (unpaired) electrons. The van der Waals surface area contributed by atoms with Crippen LogP contribution in [-0.2, 0) is 0 Å². The average Bonchev–Trinajstić information content (AvgIpc) is 2.56. The lowest BCUT2D eigenvalue weighted by atomic mass is 9.83. The molecule has 0 atom stereocenters. The van der Waals surface area contributed by atoms with Gasteiger partial charge in [0.25, 0.3) is 0 Å². The second kappa shape index (κ2) is 8.91. The summed E-state index contributed by atoms with van der Waals surface area (Å²) in [4.78, 5) is 0. The van der Waals surface area contributed by atoms with Crippen LogP contribution < -0.4 is 4.74 Å². The molecular formula is C20H26F2O. The van der Waals surface area contributed by atoms with Crippen LogP contribution in [0.15, 0.2) is 12.1 Å². The van der Waals surface area contributed by atoms with Gasteiger partial charge in [0.05, 0.1) is 12.2 Å². The van der Waals surface area contributed by atoms with E-state index in [-0.39, 0.29) is 11.3 Å². The molecule has 1 aromatic rings. The van der Waals surface area contributed by atoms with Crippen molar-refractivity contribution in [3.05, 3.63) is 29.3 Å². The molecule has 0 bridgehead atoms. The van der Waals surface area contributed by atoms with Gasteiger partial charge in [-0.3, -0.25) is 0 Å². The van der Waals surface area contributed by atoms with Gasteiger partial charge in [-0.15, -0.1) is 0 Å². The van der Waals surface area contributed by atoms with Crippen molar-refractivity contribution in [2.75, 3.05) is 6.61 Å². The highest BCUT2D eigenvalue weighted by molar-refractivity contribution is 5.41. The number of hydrogen-bond acceptors (Lipinski definition) is 1. The Morgan fingerprint density at radius 3 is 2.52 bits per heavy atom. The fraction of sp³-hybridized carbons (Fsp3) is 0.600. The largest absolute Gasteiger partial charge is 0.490 e. The van der Waals surface area contributed by atoms with Crippen molar-refractivity contribution in [2.24, 2.45) is 11.8 Å². The molecule has 1 fully saturated rings. The second-order valence-corrected chi connectivity index (χ2v) is 6.52. The minimum atomic E-state index is -0.925. The average molecular weight is 320 g/mol. The molecule has 0 N–H and O–H groups in total. The van der Waals surface area contributed by atoms with Crippen molar-refractivity contribution in [3.63, 3.8) is 0 Å². The Morgan fingerprint density at radius 1 is 1.09 bits per heavy atom. The van der Waals surface area contributed by atoms with Crippen molar-refractivity contribution in [1.29, 1.82) is 0 Å². The second-order valence-electron chi connectivity index (χ2n) is 6.52. The minimum Gasteiger partial charge on any atom is -0.490 e. The number of hydrogen-bond donors (Lipinski definition) is 0. The third kappa shape index (κ3) is 5.23. The van der Waals surface area contributed by atoms with Gasteiger partial charge in [0, 0.05) is 5.92 Å². The molecule has 1 nitrogen and oxygen atoms in total. The van der Waals surface area contributed by atoms with Crippen LogP contribution in [0.4, 0.5) is 8.78 Å².